The summed E-state index contributed by atoms with van der Waals surface area (Å²) >= 11 is 1.27. The molecule has 2 rings (SSSR count). The molecule has 1 aliphatic heterocycles. The third kappa shape index (κ3) is 4.76. The molecular weight excluding hydrogens is 322 g/mol. The topological polar surface area (TPSA) is 76.7 Å². The van der Waals surface area contributed by atoms with E-state index in [1.165, 1.54) is 11.8 Å². The highest BCUT2D eigenvalue weighted by Gasteiger charge is 2.25. The number of nitrogens with one attached hydrogen (secondary N) is 1. The Morgan fingerprint density at radius 1 is 1.38 bits per heavy atom. The van der Waals surface area contributed by atoms with Gasteiger partial charge in [-0.15, -0.1) is 0 Å². The zero-order valence-corrected chi connectivity index (χ0v) is 14.7. The van der Waals surface area contributed by atoms with E-state index in [2.05, 4.69) is 16.9 Å². The zero-order chi connectivity index (χ0) is 17.5. The van der Waals surface area contributed by atoms with E-state index in [0.29, 0.717) is 28.9 Å². The van der Waals surface area contributed by atoms with Crippen molar-refractivity contribution in [2.24, 2.45) is 10.7 Å². The molecule has 5 nitrogen and oxygen atoms in total. The summed E-state index contributed by atoms with van der Waals surface area (Å²) in [4.78, 5) is 16.8. The van der Waals surface area contributed by atoms with Gasteiger partial charge in [-0.05, 0) is 25.5 Å². The molecule has 0 bridgehead atoms. The molecule has 1 aliphatic rings. The average Bonchev–Trinajstić information content (AvgIpc) is 2.97. The lowest BCUT2D eigenvalue weighted by atomic mass is 10.2. The smallest absolute Gasteiger partial charge is 0.258 e. The SMILES string of the molecule is C=C(N)/N=C1/SC(C(=O)NCC)=C/C1=C(/C)OCc1ccccc1. The minimum absolute atomic E-state index is 0.135. The van der Waals surface area contributed by atoms with Gasteiger partial charge in [0.15, 0.2) is 0 Å². The molecule has 1 amide bonds. The van der Waals surface area contributed by atoms with E-state index in [-0.39, 0.29) is 11.7 Å². The summed E-state index contributed by atoms with van der Waals surface area (Å²) in [5, 5.41) is 3.40. The van der Waals surface area contributed by atoms with Crippen molar-refractivity contribution in [1.29, 1.82) is 0 Å². The predicted molar refractivity (Wildman–Crippen MR) is 99.1 cm³/mol. The minimum Gasteiger partial charge on any atom is -0.493 e. The monoisotopic (exact) mass is 343 g/mol. The summed E-state index contributed by atoms with van der Waals surface area (Å²) in [5.74, 6) is 0.741. The Hall–Kier alpha value is -2.47. The summed E-state index contributed by atoms with van der Waals surface area (Å²) in [6.45, 7) is 8.34. The largest absolute Gasteiger partial charge is 0.493 e. The molecule has 0 spiro atoms. The van der Waals surface area contributed by atoms with E-state index >= 15 is 0 Å². The molecule has 0 radical (unpaired) electrons. The molecular formula is C18H21N3O2S. The average molecular weight is 343 g/mol. The van der Waals surface area contributed by atoms with Crippen LogP contribution in [0.4, 0.5) is 0 Å². The number of benzene rings is 1. The van der Waals surface area contributed by atoms with Gasteiger partial charge in [0, 0.05) is 12.1 Å². The van der Waals surface area contributed by atoms with E-state index in [0.717, 1.165) is 11.1 Å². The van der Waals surface area contributed by atoms with Crippen LogP contribution in [0.1, 0.15) is 19.4 Å². The van der Waals surface area contributed by atoms with E-state index in [1.54, 1.807) is 6.08 Å². The number of aliphatic imine (C=N–C) groups is 1. The first kappa shape index (κ1) is 17.9. The first-order chi connectivity index (χ1) is 11.5. The Morgan fingerprint density at radius 3 is 2.71 bits per heavy atom. The summed E-state index contributed by atoms with van der Waals surface area (Å²) in [6, 6.07) is 9.87. The van der Waals surface area contributed by atoms with Crippen molar-refractivity contribution in [3.05, 3.63) is 70.6 Å². The highest BCUT2D eigenvalue weighted by molar-refractivity contribution is 8.18. The number of hydrogen-bond acceptors (Lipinski definition) is 5. The van der Waals surface area contributed by atoms with Crippen LogP contribution in [0.15, 0.2) is 70.0 Å². The zero-order valence-electron chi connectivity index (χ0n) is 13.8. The van der Waals surface area contributed by atoms with Crippen LogP contribution in [0.25, 0.3) is 0 Å². The van der Waals surface area contributed by atoms with Crippen LogP contribution in [-0.4, -0.2) is 17.5 Å². The van der Waals surface area contributed by atoms with Gasteiger partial charge in [-0.2, -0.15) is 0 Å². The molecule has 3 N–H and O–H groups in total. The second-order valence-electron chi connectivity index (χ2n) is 5.12. The Morgan fingerprint density at radius 2 is 2.08 bits per heavy atom. The molecule has 0 saturated carbocycles. The van der Waals surface area contributed by atoms with Gasteiger partial charge in [0.2, 0.25) is 0 Å². The lowest BCUT2D eigenvalue weighted by Gasteiger charge is -2.09. The van der Waals surface area contributed by atoms with E-state index in [1.807, 2.05) is 44.2 Å². The second-order valence-corrected chi connectivity index (χ2v) is 6.15. The van der Waals surface area contributed by atoms with Crippen molar-refractivity contribution >= 4 is 22.7 Å². The van der Waals surface area contributed by atoms with Crippen molar-refractivity contribution in [1.82, 2.24) is 5.32 Å². The Kier molecular flexibility index (Phi) is 6.26. The van der Waals surface area contributed by atoms with Crippen molar-refractivity contribution in [2.75, 3.05) is 6.54 Å². The van der Waals surface area contributed by atoms with Crippen LogP contribution < -0.4 is 11.1 Å². The van der Waals surface area contributed by atoms with E-state index in [9.17, 15) is 4.79 Å². The number of carbonyl (C=O) groups is 1. The van der Waals surface area contributed by atoms with Gasteiger partial charge in [0.1, 0.15) is 23.2 Å². The molecule has 1 heterocycles. The van der Waals surface area contributed by atoms with Gasteiger partial charge < -0.3 is 15.8 Å². The molecule has 0 aromatic heterocycles. The lowest BCUT2D eigenvalue weighted by Crippen LogP contribution is -2.22. The first-order valence-corrected chi connectivity index (χ1v) is 8.41. The third-order valence-corrected chi connectivity index (χ3v) is 4.22. The van der Waals surface area contributed by atoms with Crippen LogP contribution in [0.3, 0.4) is 0 Å². The second kappa shape index (κ2) is 8.40. The van der Waals surface area contributed by atoms with Crippen molar-refractivity contribution in [2.45, 2.75) is 20.5 Å². The summed E-state index contributed by atoms with van der Waals surface area (Å²) in [6.07, 6.45) is 1.78. The fourth-order valence-electron chi connectivity index (χ4n) is 2.05. The number of ether oxygens (including phenoxy) is 1. The van der Waals surface area contributed by atoms with E-state index in [4.69, 9.17) is 10.5 Å². The normalized spacial score (nSPS) is 17.4. The van der Waals surface area contributed by atoms with Crippen molar-refractivity contribution < 1.29 is 9.53 Å². The maximum atomic E-state index is 12.1. The number of allylic oxidation sites excluding steroid dienone is 2. The summed E-state index contributed by atoms with van der Waals surface area (Å²) < 4.78 is 5.85. The van der Waals surface area contributed by atoms with Gasteiger partial charge >= 0.3 is 0 Å². The van der Waals surface area contributed by atoms with Crippen LogP contribution in [0.2, 0.25) is 0 Å². The molecule has 1 aromatic carbocycles. The summed E-state index contributed by atoms with van der Waals surface area (Å²) in [5.41, 5.74) is 7.42. The van der Waals surface area contributed by atoms with Gasteiger partial charge in [-0.25, -0.2) is 4.99 Å². The van der Waals surface area contributed by atoms with Gasteiger partial charge in [-0.1, -0.05) is 48.7 Å². The number of hydrogen-bond donors (Lipinski definition) is 2. The number of carbonyl (C=O) groups excluding carboxylic acids is 1. The molecule has 6 heteroatoms. The highest BCUT2D eigenvalue weighted by atomic mass is 32.2. The highest BCUT2D eigenvalue weighted by Crippen LogP contribution is 2.34. The number of amides is 1. The maximum absolute atomic E-state index is 12.1. The number of nitrogens with two attached hydrogens (primary N) is 1. The quantitative estimate of drug-likeness (QED) is 0.778. The summed E-state index contributed by atoms with van der Waals surface area (Å²) in [7, 11) is 0. The number of rotatable bonds is 6. The predicted octanol–water partition coefficient (Wildman–Crippen LogP) is 3.07. The van der Waals surface area contributed by atoms with Crippen molar-refractivity contribution in [3.8, 4) is 0 Å². The van der Waals surface area contributed by atoms with Crippen LogP contribution in [0, 0.1) is 0 Å². The molecule has 0 atom stereocenters. The fraction of sp³-hybridized carbons (Fsp3) is 0.222. The molecule has 0 unspecified atom stereocenters. The number of thioether (sulfide) groups is 1. The molecule has 126 valence electrons. The van der Waals surface area contributed by atoms with Gasteiger partial charge in [0.05, 0.1) is 4.91 Å². The minimum atomic E-state index is -0.135. The third-order valence-electron chi connectivity index (χ3n) is 3.20. The number of nitrogens with zero attached hydrogens (tertiary/aromatic N) is 1. The van der Waals surface area contributed by atoms with Crippen LogP contribution >= 0.6 is 11.8 Å². The lowest BCUT2D eigenvalue weighted by molar-refractivity contribution is -0.116. The molecule has 0 saturated heterocycles. The van der Waals surface area contributed by atoms with Crippen molar-refractivity contribution in [3.63, 3.8) is 0 Å². The molecule has 0 aliphatic carbocycles. The molecule has 0 fully saturated rings. The number of likely N-dealkylation sites (N-methyl/N-ethyl adjacent to an activating group) is 1. The molecule has 24 heavy (non-hydrogen) atoms. The first-order valence-electron chi connectivity index (χ1n) is 7.60. The maximum Gasteiger partial charge on any atom is 0.258 e. The Bertz CT molecular complexity index is 721. The molecule has 1 aromatic rings. The van der Waals surface area contributed by atoms with Gasteiger partial charge in [-0.3, -0.25) is 4.79 Å². The fourth-order valence-corrected chi connectivity index (χ4v) is 3.08. The standard InChI is InChI=1S/C18H21N3O2S/c1-4-20-17(22)16-10-15(18(24-16)21-13(3)19)12(2)23-11-14-8-6-5-7-9-14/h5-10H,3-4,11,19H2,1-2H3,(H,20,22)/b15-12+,21-18+. The Balaban J connectivity index is 2.23. The van der Waals surface area contributed by atoms with Crippen LogP contribution in [0.5, 0.6) is 0 Å². The Labute approximate surface area is 146 Å². The van der Waals surface area contributed by atoms with Crippen LogP contribution in [-0.2, 0) is 16.1 Å². The van der Waals surface area contributed by atoms with E-state index < -0.39 is 0 Å². The van der Waals surface area contributed by atoms with Gasteiger partial charge in [0.25, 0.3) is 5.91 Å².